The summed E-state index contributed by atoms with van der Waals surface area (Å²) in [6.45, 7) is 1.91. The van der Waals surface area contributed by atoms with Crippen LogP contribution in [0.5, 0.6) is 5.75 Å². The molecule has 0 aromatic heterocycles. The number of carbonyl (C=O) groups excluding carboxylic acids is 1. The standard InChI is InChI=1S/C18H19BrN2O2/c1-14-12-16(9-10-17(14)19)23-13-18(22)21-20-11-5-8-15-6-3-2-4-7-15/h2-4,6-7,9-12H,5,8,13H2,1H3,(H,21,22)/b20-11+. The number of nitrogens with one attached hydrogen (secondary N) is 1. The zero-order valence-corrected chi connectivity index (χ0v) is 14.5. The van der Waals surface area contributed by atoms with E-state index in [9.17, 15) is 4.79 Å². The number of benzene rings is 2. The van der Waals surface area contributed by atoms with Crippen LogP contribution in [0.25, 0.3) is 0 Å². The molecule has 2 aromatic carbocycles. The van der Waals surface area contributed by atoms with Gasteiger partial charge in [-0.3, -0.25) is 4.79 Å². The Labute approximate surface area is 144 Å². The van der Waals surface area contributed by atoms with Crippen LogP contribution in [0.15, 0.2) is 58.1 Å². The molecule has 0 unspecified atom stereocenters. The van der Waals surface area contributed by atoms with E-state index in [0.29, 0.717) is 5.75 Å². The zero-order chi connectivity index (χ0) is 16.5. The zero-order valence-electron chi connectivity index (χ0n) is 13.0. The summed E-state index contributed by atoms with van der Waals surface area (Å²) in [6.07, 6.45) is 3.38. The first kappa shape index (κ1) is 17.2. The third-order valence-electron chi connectivity index (χ3n) is 3.18. The summed E-state index contributed by atoms with van der Waals surface area (Å²) in [5, 5.41) is 3.92. The SMILES string of the molecule is Cc1cc(OCC(=O)N/N=C/CCc2ccccc2)ccc1Br. The third kappa shape index (κ3) is 6.24. The first-order chi connectivity index (χ1) is 11.1. The Morgan fingerprint density at radius 3 is 2.78 bits per heavy atom. The van der Waals surface area contributed by atoms with Gasteiger partial charge in [-0.15, -0.1) is 0 Å². The summed E-state index contributed by atoms with van der Waals surface area (Å²) in [7, 11) is 0. The van der Waals surface area contributed by atoms with Crippen LogP contribution < -0.4 is 10.2 Å². The molecule has 0 saturated carbocycles. The van der Waals surface area contributed by atoms with Gasteiger partial charge in [0.1, 0.15) is 5.75 Å². The fourth-order valence-electron chi connectivity index (χ4n) is 1.95. The van der Waals surface area contributed by atoms with Gasteiger partial charge >= 0.3 is 0 Å². The highest BCUT2D eigenvalue weighted by molar-refractivity contribution is 9.10. The predicted octanol–water partition coefficient (Wildman–Crippen LogP) is 3.87. The van der Waals surface area contributed by atoms with E-state index in [4.69, 9.17) is 4.74 Å². The van der Waals surface area contributed by atoms with Crippen molar-refractivity contribution in [2.24, 2.45) is 5.10 Å². The van der Waals surface area contributed by atoms with Crippen molar-refractivity contribution < 1.29 is 9.53 Å². The number of hydrogen-bond acceptors (Lipinski definition) is 3. The number of hydrazone groups is 1. The number of rotatable bonds is 7. The van der Waals surface area contributed by atoms with Crippen LogP contribution in [0, 0.1) is 6.92 Å². The molecule has 0 heterocycles. The number of halogens is 1. The monoisotopic (exact) mass is 374 g/mol. The molecule has 4 nitrogen and oxygen atoms in total. The van der Waals surface area contributed by atoms with Crippen molar-refractivity contribution in [1.82, 2.24) is 5.43 Å². The highest BCUT2D eigenvalue weighted by Crippen LogP contribution is 2.21. The van der Waals surface area contributed by atoms with Gasteiger partial charge in [-0.1, -0.05) is 46.3 Å². The van der Waals surface area contributed by atoms with Crippen molar-refractivity contribution >= 4 is 28.1 Å². The van der Waals surface area contributed by atoms with Crippen LogP contribution in [0.1, 0.15) is 17.5 Å². The molecule has 0 radical (unpaired) electrons. The molecule has 1 amide bonds. The third-order valence-corrected chi connectivity index (χ3v) is 4.07. The molecule has 0 saturated heterocycles. The molecular weight excluding hydrogens is 356 g/mol. The van der Waals surface area contributed by atoms with Gasteiger partial charge in [-0.05, 0) is 49.1 Å². The number of aryl methyl sites for hydroxylation is 2. The van der Waals surface area contributed by atoms with Gasteiger partial charge in [0.05, 0.1) is 0 Å². The van der Waals surface area contributed by atoms with E-state index in [1.165, 1.54) is 5.56 Å². The fraction of sp³-hybridized carbons (Fsp3) is 0.222. The normalized spacial score (nSPS) is 10.7. The molecule has 0 aliphatic carbocycles. The van der Waals surface area contributed by atoms with Crippen molar-refractivity contribution in [3.8, 4) is 5.75 Å². The van der Waals surface area contributed by atoms with Gasteiger partial charge < -0.3 is 4.74 Å². The number of nitrogens with zero attached hydrogens (tertiary/aromatic N) is 1. The molecule has 0 spiro atoms. The molecule has 1 N–H and O–H groups in total. The van der Waals surface area contributed by atoms with Crippen molar-refractivity contribution in [2.45, 2.75) is 19.8 Å². The second-order valence-corrected chi connectivity index (χ2v) is 5.92. The predicted molar refractivity (Wildman–Crippen MR) is 95.8 cm³/mol. The van der Waals surface area contributed by atoms with Gasteiger partial charge in [-0.25, -0.2) is 5.43 Å². The van der Waals surface area contributed by atoms with E-state index in [1.807, 2.05) is 43.3 Å². The van der Waals surface area contributed by atoms with Crippen LogP contribution in [-0.4, -0.2) is 18.7 Å². The van der Waals surface area contributed by atoms with Gasteiger partial charge in [0, 0.05) is 10.7 Å². The van der Waals surface area contributed by atoms with Crippen LogP contribution in [0.2, 0.25) is 0 Å². The minimum absolute atomic E-state index is 0.0584. The Hall–Kier alpha value is -2.14. The smallest absolute Gasteiger partial charge is 0.277 e. The summed E-state index contributed by atoms with van der Waals surface area (Å²) in [5.74, 6) is 0.385. The first-order valence-electron chi connectivity index (χ1n) is 7.38. The summed E-state index contributed by atoms with van der Waals surface area (Å²) in [6, 6.07) is 15.7. The van der Waals surface area contributed by atoms with E-state index in [1.54, 1.807) is 6.21 Å². The van der Waals surface area contributed by atoms with Gasteiger partial charge in [0.15, 0.2) is 6.61 Å². The molecule has 0 bridgehead atoms. The van der Waals surface area contributed by atoms with Crippen LogP contribution in [0.3, 0.4) is 0 Å². The number of ether oxygens (including phenoxy) is 1. The lowest BCUT2D eigenvalue weighted by Gasteiger charge is -2.06. The summed E-state index contributed by atoms with van der Waals surface area (Å²) >= 11 is 3.42. The van der Waals surface area contributed by atoms with Crippen LogP contribution >= 0.6 is 15.9 Å². The van der Waals surface area contributed by atoms with Gasteiger partial charge in [-0.2, -0.15) is 5.10 Å². The first-order valence-corrected chi connectivity index (χ1v) is 8.17. The topological polar surface area (TPSA) is 50.7 Å². The minimum atomic E-state index is -0.276. The molecule has 2 aromatic rings. The highest BCUT2D eigenvalue weighted by Gasteiger charge is 2.02. The van der Waals surface area contributed by atoms with Crippen molar-refractivity contribution in [3.63, 3.8) is 0 Å². The molecule has 2 rings (SSSR count). The maximum Gasteiger partial charge on any atom is 0.277 e. The van der Waals surface area contributed by atoms with Crippen LogP contribution in [-0.2, 0) is 11.2 Å². The number of amides is 1. The Kier molecular flexibility index (Phi) is 6.81. The minimum Gasteiger partial charge on any atom is -0.484 e. The van der Waals surface area contributed by atoms with E-state index in [0.717, 1.165) is 22.9 Å². The van der Waals surface area contributed by atoms with Crippen molar-refractivity contribution in [3.05, 3.63) is 64.1 Å². The van der Waals surface area contributed by atoms with E-state index in [2.05, 4.69) is 38.6 Å². The second kappa shape index (κ2) is 9.10. The summed E-state index contributed by atoms with van der Waals surface area (Å²) < 4.78 is 6.43. The van der Waals surface area contributed by atoms with Gasteiger partial charge in [0.25, 0.3) is 5.91 Å². The lowest BCUT2D eigenvalue weighted by molar-refractivity contribution is -0.123. The molecular formula is C18H19BrN2O2. The molecule has 0 aliphatic heterocycles. The van der Waals surface area contributed by atoms with E-state index < -0.39 is 0 Å². The molecule has 5 heteroatoms. The fourth-order valence-corrected chi connectivity index (χ4v) is 2.19. The Balaban J connectivity index is 1.66. The molecule has 0 aliphatic rings. The Bertz CT molecular complexity index is 672. The molecule has 0 atom stereocenters. The largest absolute Gasteiger partial charge is 0.484 e. The average Bonchev–Trinajstić information content (AvgIpc) is 2.56. The highest BCUT2D eigenvalue weighted by atomic mass is 79.9. The average molecular weight is 375 g/mol. The lowest BCUT2D eigenvalue weighted by Crippen LogP contribution is -2.24. The Morgan fingerprint density at radius 2 is 2.04 bits per heavy atom. The van der Waals surface area contributed by atoms with E-state index in [-0.39, 0.29) is 12.5 Å². The van der Waals surface area contributed by atoms with E-state index >= 15 is 0 Å². The number of carbonyl (C=O) groups is 1. The molecule has 120 valence electrons. The molecule has 0 fully saturated rings. The maximum absolute atomic E-state index is 11.6. The van der Waals surface area contributed by atoms with Crippen LogP contribution in [0.4, 0.5) is 0 Å². The van der Waals surface area contributed by atoms with Crippen molar-refractivity contribution in [2.75, 3.05) is 6.61 Å². The maximum atomic E-state index is 11.6. The van der Waals surface area contributed by atoms with Crippen molar-refractivity contribution in [1.29, 1.82) is 0 Å². The lowest BCUT2D eigenvalue weighted by atomic mass is 10.1. The van der Waals surface area contributed by atoms with Gasteiger partial charge in [0.2, 0.25) is 0 Å². The summed E-state index contributed by atoms with van der Waals surface area (Å²) in [4.78, 5) is 11.6. The quantitative estimate of drug-likeness (QED) is 0.590. The second-order valence-electron chi connectivity index (χ2n) is 5.07. The molecule has 23 heavy (non-hydrogen) atoms. The Morgan fingerprint density at radius 1 is 1.26 bits per heavy atom. The summed E-state index contributed by atoms with van der Waals surface area (Å²) in [5.41, 5.74) is 4.77. The number of hydrogen-bond donors (Lipinski definition) is 1.